The van der Waals surface area contributed by atoms with Crippen LogP contribution < -0.4 is 22.9 Å². The third-order valence-electron chi connectivity index (χ3n) is 3.17. The lowest BCUT2D eigenvalue weighted by molar-refractivity contribution is -0.0976. The Morgan fingerprint density at radius 1 is 0.444 bits per heavy atom. The van der Waals surface area contributed by atoms with Gasteiger partial charge in [0.2, 0.25) is 0 Å². The fraction of sp³-hybridized carbons (Fsp3) is 1.00. The van der Waals surface area contributed by atoms with E-state index in [4.69, 9.17) is 46.6 Å². The van der Waals surface area contributed by atoms with Crippen LogP contribution in [0.2, 0.25) is 0 Å². The normalized spacial score (nSPS) is 18.7. The van der Waals surface area contributed by atoms with E-state index in [1.54, 1.807) is 0 Å². The molecule has 0 fully saturated rings. The quantitative estimate of drug-likeness (QED) is 0.234. The summed E-state index contributed by atoms with van der Waals surface area (Å²) < 4.78 is 28.4. The SMILES string of the molecule is CC(N)COCC(COCC(COCC(C)N)OCC(C)N)OCC(C)N. The van der Waals surface area contributed by atoms with Crippen LogP contribution in [0.4, 0.5) is 0 Å². The minimum absolute atomic E-state index is 0.0295. The summed E-state index contributed by atoms with van der Waals surface area (Å²) in [5.74, 6) is 0. The van der Waals surface area contributed by atoms with Crippen molar-refractivity contribution in [2.45, 2.75) is 64.1 Å². The Morgan fingerprint density at radius 2 is 0.704 bits per heavy atom. The van der Waals surface area contributed by atoms with E-state index in [-0.39, 0.29) is 36.4 Å². The van der Waals surface area contributed by atoms with Crippen LogP contribution in [0.3, 0.4) is 0 Å². The molecule has 0 amide bonds. The molecule has 9 nitrogen and oxygen atoms in total. The summed E-state index contributed by atoms with van der Waals surface area (Å²) in [6, 6.07) is -0.180. The van der Waals surface area contributed by atoms with Crippen LogP contribution in [-0.4, -0.2) is 89.2 Å². The molecule has 0 aromatic rings. The Labute approximate surface area is 164 Å². The van der Waals surface area contributed by atoms with Gasteiger partial charge in [-0.05, 0) is 27.7 Å². The van der Waals surface area contributed by atoms with Gasteiger partial charge in [0.25, 0.3) is 0 Å². The van der Waals surface area contributed by atoms with Gasteiger partial charge in [0.15, 0.2) is 0 Å². The highest BCUT2D eigenvalue weighted by Gasteiger charge is 2.16. The topological polar surface area (TPSA) is 150 Å². The Bertz CT molecular complexity index is 303. The molecule has 0 aliphatic rings. The maximum absolute atomic E-state index is 5.78. The van der Waals surface area contributed by atoms with Crippen molar-refractivity contribution >= 4 is 0 Å². The van der Waals surface area contributed by atoms with Crippen molar-refractivity contribution in [1.29, 1.82) is 0 Å². The average Bonchev–Trinajstić information content (AvgIpc) is 2.55. The molecule has 8 N–H and O–H groups in total. The zero-order valence-corrected chi connectivity index (χ0v) is 17.5. The molecule has 0 aromatic carbocycles. The van der Waals surface area contributed by atoms with Crippen LogP contribution >= 0.6 is 0 Å². The number of nitrogens with two attached hydrogens (primary N) is 4. The van der Waals surface area contributed by atoms with Crippen LogP contribution in [0.1, 0.15) is 27.7 Å². The van der Waals surface area contributed by atoms with Gasteiger partial charge in [0.1, 0.15) is 12.2 Å². The van der Waals surface area contributed by atoms with Crippen LogP contribution in [0, 0.1) is 0 Å². The minimum Gasteiger partial charge on any atom is -0.377 e. The maximum Gasteiger partial charge on any atom is 0.104 e. The average molecular weight is 395 g/mol. The van der Waals surface area contributed by atoms with Gasteiger partial charge in [-0.2, -0.15) is 0 Å². The van der Waals surface area contributed by atoms with E-state index in [1.807, 2.05) is 27.7 Å². The van der Waals surface area contributed by atoms with Crippen molar-refractivity contribution in [2.24, 2.45) is 22.9 Å². The molecule has 6 atom stereocenters. The Hall–Kier alpha value is -0.360. The fourth-order valence-electron chi connectivity index (χ4n) is 1.97. The molecule has 0 spiro atoms. The molecular weight excluding hydrogens is 352 g/mol. The second-order valence-corrected chi connectivity index (χ2v) is 7.43. The monoisotopic (exact) mass is 394 g/mol. The molecule has 27 heavy (non-hydrogen) atoms. The molecule has 0 radical (unpaired) electrons. The summed E-state index contributed by atoms with van der Waals surface area (Å²) in [6.07, 6.45) is -0.456. The standard InChI is InChI=1S/C18H42N4O5/c1-13(19)5-23-9-17(26-7-15(3)21)11-25-12-18(27-8-16(4)22)10-24-6-14(2)20/h13-18H,5-12,19-22H2,1-4H3. The second-order valence-electron chi connectivity index (χ2n) is 7.43. The lowest BCUT2D eigenvalue weighted by Crippen LogP contribution is -2.36. The van der Waals surface area contributed by atoms with Crippen molar-refractivity contribution in [3.63, 3.8) is 0 Å². The zero-order valence-electron chi connectivity index (χ0n) is 17.5. The predicted octanol–water partition coefficient (Wildman–Crippen LogP) is -0.805. The van der Waals surface area contributed by atoms with Gasteiger partial charge in [-0.15, -0.1) is 0 Å². The van der Waals surface area contributed by atoms with E-state index in [1.165, 1.54) is 0 Å². The first-order chi connectivity index (χ1) is 12.7. The molecule has 9 heteroatoms. The molecule has 0 heterocycles. The largest absolute Gasteiger partial charge is 0.377 e. The van der Waals surface area contributed by atoms with E-state index in [0.29, 0.717) is 52.9 Å². The van der Waals surface area contributed by atoms with E-state index < -0.39 is 0 Å². The van der Waals surface area contributed by atoms with E-state index in [2.05, 4.69) is 0 Å². The summed E-state index contributed by atoms with van der Waals surface area (Å²) >= 11 is 0. The van der Waals surface area contributed by atoms with Crippen LogP contribution in [-0.2, 0) is 23.7 Å². The van der Waals surface area contributed by atoms with Crippen molar-refractivity contribution < 1.29 is 23.7 Å². The zero-order chi connectivity index (χ0) is 20.7. The van der Waals surface area contributed by atoms with E-state index in [9.17, 15) is 0 Å². The van der Waals surface area contributed by atoms with Crippen molar-refractivity contribution in [2.75, 3.05) is 52.9 Å². The third kappa shape index (κ3) is 18.8. The number of rotatable bonds is 18. The first-order valence-corrected chi connectivity index (χ1v) is 9.69. The van der Waals surface area contributed by atoms with Crippen molar-refractivity contribution in [3.8, 4) is 0 Å². The first-order valence-electron chi connectivity index (χ1n) is 9.69. The summed E-state index contributed by atoms with van der Waals surface area (Å²) in [5, 5.41) is 0. The molecule has 0 aliphatic heterocycles. The lowest BCUT2D eigenvalue weighted by atomic mass is 10.3. The van der Waals surface area contributed by atoms with Crippen molar-refractivity contribution in [3.05, 3.63) is 0 Å². The van der Waals surface area contributed by atoms with Gasteiger partial charge in [-0.3, -0.25) is 0 Å². The number of ether oxygens (including phenoxy) is 5. The third-order valence-corrected chi connectivity index (χ3v) is 3.17. The van der Waals surface area contributed by atoms with Gasteiger partial charge < -0.3 is 46.6 Å². The van der Waals surface area contributed by atoms with Gasteiger partial charge in [0, 0.05) is 24.2 Å². The first kappa shape index (κ1) is 26.6. The second kappa shape index (κ2) is 16.6. The maximum atomic E-state index is 5.78. The van der Waals surface area contributed by atoms with Gasteiger partial charge in [-0.1, -0.05) is 0 Å². The highest BCUT2D eigenvalue weighted by atomic mass is 16.6. The molecule has 6 unspecified atom stereocenters. The van der Waals surface area contributed by atoms with Crippen LogP contribution in [0.5, 0.6) is 0 Å². The van der Waals surface area contributed by atoms with Crippen LogP contribution in [0.25, 0.3) is 0 Å². The summed E-state index contributed by atoms with van der Waals surface area (Å²) in [6.45, 7) is 10.8. The fourth-order valence-corrected chi connectivity index (χ4v) is 1.97. The Balaban J connectivity index is 4.34. The molecule has 0 aromatic heterocycles. The summed E-state index contributed by atoms with van der Waals surface area (Å²) in [4.78, 5) is 0. The number of hydrogen-bond donors (Lipinski definition) is 4. The molecule has 0 bridgehead atoms. The minimum atomic E-state index is -0.228. The lowest BCUT2D eigenvalue weighted by Gasteiger charge is -2.23. The Kier molecular flexibility index (Phi) is 16.4. The molecule has 0 saturated heterocycles. The van der Waals surface area contributed by atoms with E-state index in [0.717, 1.165) is 0 Å². The van der Waals surface area contributed by atoms with Gasteiger partial charge in [-0.25, -0.2) is 0 Å². The molecule has 164 valence electrons. The molecule has 0 saturated carbocycles. The van der Waals surface area contributed by atoms with Crippen molar-refractivity contribution in [1.82, 2.24) is 0 Å². The Morgan fingerprint density at radius 3 is 0.963 bits per heavy atom. The summed E-state index contributed by atoms with van der Waals surface area (Å²) in [5.41, 5.74) is 22.9. The highest BCUT2D eigenvalue weighted by Crippen LogP contribution is 2.02. The predicted molar refractivity (Wildman–Crippen MR) is 107 cm³/mol. The smallest absolute Gasteiger partial charge is 0.104 e. The summed E-state index contributed by atoms with van der Waals surface area (Å²) in [7, 11) is 0. The molecular formula is C18H42N4O5. The van der Waals surface area contributed by atoms with Gasteiger partial charge >= 0.3 is 0 Å². The number of hydrogen-bond acceptors (Lipinski definition) is 9. The van der Waals surface area contributed by atoms with E-state index >= 15 is 0 Å². The van der Waals surface area contributed by atoms with Gasteiger partial charge in [0.05, 0.1) is 52.9 Å². The molecule has 0 aliphatic carbocycles. The highest BCUT2D eigenvalue weighted by molar-refractivity contribution is 4.64. The van der Waals surface area contributed by atoms with Crippen LogP contribution in [0.15, 0.2) is 0 Å². The molecule has 0 rings (SSSR count).